The van der Waals surface area contributed by atoms with Crippen molar-refractivity contribution in [3.8, 4) is 11.3 Å². The minimum atomic E-state index is -0.555. The molecule has 0 N–H and O–H groups in total. The molecular formula is C19H14Cl2O4. The molecule has 0 bridgehead atoms. The van der Waals surface area contributed by atoms with Crippen LogP contribution in [0.3, 0.4) is 0 Å². The van der Waals surface area contributed by atoms with Crippen LogP contribution in [0.25, 0.3) is 22.3 Å². The highest BCUT2D eigenvalue weighted by Crippen LogP contribution is 2.31. The SMILES string of the molecule is COC(=O)c1c(C)c(C)cc2c(=O)cc(-c3ccc(Cl)c(Cl)c3)oc12. The van der Waals surface area contributed by atoms with Gasteiger partial charge in [-0.2, -0.15) is 0 Å². The summed E-state index contributed by atoms with van der Waals surface area (Å²) in [7, 11) is 1.29. The van der Waals surface area contributed by atoms with E-state index in [0.717, 1.165) is 5.56 Å². The van der Waals surface area contributed by atoms with E-state index in [1.807, 2.05) is 6.92 Å². The summed E-state index contributed by atoms with van der Waals surface area (Å²) in [6.07, 6.45) is 0. The predicted octanol–water partition coefficient (Wildman–Crippen LogP) is 5.17. The van der Waals surface area contributed by atoms with Crippen molar-refractivity contribution >= 4 is 40.1 Å². The van der Waals surface area contributed by atoms with E-state index in [-0.39, 0.29) is 16.6 Å². The first-order chi connectivity index (χ1) is 11.8. The second-order valence-electron chi connectivity index (χ2n) is 5.67. The van der Waals surface area contributed by atoms with Crippen LogP contribution in [0.15, 0.2) is 39.5 Å². The first-order valence-electron chi connectivity index (χ1n) is 7.45. The van der Waals surface area contributed by atoms with E-state index in [2.05, 4.69) is 0 Å². The molecular weight excluding hydrogens is 363 g/mol. The lowest BCUT2D eigenvalue weighted by molar-refractivity contribution is 0.0601. The van der Waals surface area contributed by atoms with Crippen molar-refractivity contribution in [3.63, 3.8) is 0 Å². The molecule has 1 aromatic heterocycles. The van der Waals surface area contributed by atoms with Gasteiger partial charge in [-0.1, -0.05) is 23.2 Å². The molecule has 0 spiro atoms. The third-order valence-corrected chi connectivity index (χ3v) is 4.87. The van der Waals surface area contributed by atoms with Gasteiger partial charge < -0.3 is 9.15 Å². The number of hydrogen-bond acceptors (Lipinski definition) is 4. The molecule has 0 saturated heterocycles. The van der Waals surface area contributed by atoms with E-state index in [1.54, 1.807) is 31.2 Å². The number of rotatable bonds is 2. The first kappa shape index (κ1) is 17.5. The van der Waals surface area contributed by atoms with Gasteiger partial charge in [0.15, 0.2) is 11.0 Å². The normalized spacial score (nSPS) is 10.9. The van der Waals surface area contributed by atoms with E-state index in [0.29, 0.717) is 32.3 Å². The molecule has 6 heteroatoms. The summed E-state index contributed by atoms with van der Waals surface area (Å²) >= 11 is 12.0. The number of hydrogen-bond donors (Lipinski definition) is 0. The van der Waals surface area contributed by atoms with Crippen LogP contribution in [0.2, 0.25) is 10.0 Å². The van der Waals surface area contributed by atoms with Crippen molar-refractivity contribution in [1.29, 1.82) is 0 Å². The highest BCUT2D eigenvalue weighted by molar-refractivity contribution is 6.42. The van der Waals surface area contributed by atoms with Crippen molar-refractivity contribution in [2.75, 3.05) is 7.11 Å². The molecule has 0 aliphatic rings. The Morgan fingerprint density at radius 1 is 1.08 bits per heavy atom. The number of esters is 1. The van der Waals surface area contributed by atoms with Crippen LogP contribution in [0.4, 0.5) is 0 Å². The summed E-state index contributed by atoms with van der Waals surface area (Å²) in [5.74, 6) is -0.259. The van der Waals surface area contributed by atoms with Crippen molar-refractivity contribution in [2.24, 2.45) is 0 Å². The van der Waals surface area contributed by atoms with Crippen LogP contribution in [0.1, 0.15) is 21.5 Å². The standard InChI is InChI=1S/C19H14Cl2O4/c1-9-6-12-15(22)8-16(11-4-5-13(20)14(21)7-11)25-18(12)17(10(9)2)19(23)24-3/h4-8H,1-3H3. The van der Waals surface area contributed by atoms with Gasteiger partial charge in [-0.25, -0.2) is 4.79 Å². The molecule has 4 nitrogen and oxygen atoms in total. The number of fused-ring (bicyclic) bond motifs is 1. The highest BCUT2D eigenvalue weighted by Gasteiger charge is 2.20. The molecule has 0 atom stereocenters. The molecule has 3 rings (SSSR count). The fourth-order valence-electron chi connectivity index (χ4n) is 2.66. The molecule has 0 saturated carbocycles. The maximum atomic E-state index is 12.6. The van der Waals surface area contributed by atoms with E-state index >= 15 is 0 Å². The number of carbonyl (C=O) groups is 1. The predicted molar refractivity (Wildman–Crippen MR) is 98.8 cm³/mol. The number of benzene rings is 2. The molecule has 0 amide bonds. The van der Waals surface area contributed by atoms with Crippen molar-refractivity contribution in [3.05, 3.63) is 67.3 Å². The summed E-state index contributed by atoms with van der Waals surface area (Å²) in [5.41, 5.74) is 2.29. The zero-order chi connectivity index (χ0) is 18.3. The number of halogens is 2. The van der Waals surface area contributed by atoms with Crippen LogP contribution in [-0.4, -0.2) is 13.1 Å². The molecule has 0 aliphatic carbocycles. The van der Waals surface area contributed by atoms with Gasteiger partial charge in [0.2, 0.25) is 0 Å². The lowest BCUT2D eigenvalue weighted by Gasteiger charge is -2.12. The van der Waals surface area contributed by atoms with Gasteiger partial charge in [-0.15, -0.1) is 0 Å². The quantitative estimate of drug-likeness (QED) is 0.578. The highest BCUT2D eigenvalue weighted by atomic mass is 35.5. The second kappa shape index (κ2) is 6.54. The molecule has 1 heterocycles. The van der Waals surface area contributed by atoms with Crippen molar-refractivity contribution in [2.45, 2.75) is 13.8 Å². The molecule has 0 fully saturated rings. The fraction of sp³-hybridized carbons (Fsp3) is 0.158. The third kappa shape index (κ3) is 3.03. The lowest BCUT2D eigenvalue weighted by atomic mass is 9.99. The number of methoxy groups -OCH3 is 1. The minimum absolute atomic E-state index is 0.198. The van der Waals surface area contributed by atoms with Gasteiger partial charge in [0.05, 0.1) is 22.5 Å². The molecule has 0 radical (unpaired) electrons. The molecule has 128 valence electrons. The van der Waals surface area contributed by atoms with Gasteiger partial charge in [-0.3, -0.25) is 4.79 Å². The summed E-state index contributed by atoms with van der Waals surface area (Å²) in [6, 6.07) is 7.99. The molecule has 0 unspecified atom stereocenters. The Hall–Kier alpha value is -2.30. The Kier molecular flexibility index (Phi) is 4.58. The van der Waals surface area contributed by atoms with Crippen LogP contribution < -0.4 is 5.43 Å². The summed E-state index contributed by atoms with van der Waals surface area (Å²) in [6.45, 7) is 3.61. The molecule has 2 aromatic carbocycles. The Morgan fingerprint density at radius 3 is 2.44 bits per heavy atom. The molecule has 0 aliphatic heterocycles. The Bertz CT molecular complexity index is 1070. The average molecular weight is 377 g/mol. The molecule has 25 heavy (non-hydrogen) atoms. The zero-order valence-corrected chi connectivity index (χ0v) is 15.3. The maximum Gasteiger partial charge on any atom is 0.341 e. The average Bonchev–Trinajstić information content (AvgIpc) is 2.58. The molecule has 3 aromatic rings. The van der Waals surface area contributed by atoms with Gasteiger partial charge in [-0.05, 0) is 49.2 Å². The van der Waals surface area contributed by atoms with E-state index < -0.39 is 5.97 Å². The smallest absolute Gasteiger partial charge is 0.341 e. The van der Waals surface area contributed by atoms with Crippen LogP contribution in [-0.2, 0) is 4.74 Å². The topological polar surface area (TPSA) is 56.5 Å². The largest absolute Gasteiger partial charge is 0.465 e. The van der Waals surface area contributed by atoms with Gasteiger partial charge in [0, 0.05) is 11.6 Å². The number of ether oxygens (including phenoxy) is 1. The summed E-state index contributed by atoms with van der Waals surface area (Å²) < 4.78 is 10.8. The summed E-state index contributed by atoms with van der Waals surface area (Å²) in [5, 5.41) is 1.07. The van der Waals surface area contributed by atoms with Gasteiger partial charge in [0.25, 0.3) is 0 Å². The Labute approximate surface area is 153 Å². The van der Waals surface area contributed by atoms with E-state index in [1.165, 1.54) is 13.2 Å². The first-order valence-corrected chi connectivity index (χ1v) is 8.21. The van der Waals surface area contributed by atoms with Crippen molar-refractivity contribution < 1.29 is 13.9 Å². The van der Waals surface area contributed by atoms with Crippen LogP contribution in [0, 0.1) is 13.8 Å². The van der Waals surface area contributed by atoms with Gasteiger partial charge >= 0.3 is 5.97 Å². The van der Waals surface area contributed by atoms with Crippen LogP contribution in [0.5, 0.6) is 0 Å². The Morgan fingerprint density at radius 2 is 1.80 bits per heavy atom. The third-order valence-electron chi connectivity index (χ3n) is 4.13. The monoisotopic (exact) mass is 376 g/mol. The van der Waals surface area contributed by atoms with E-state index in [4.69, 9.17) is 32.4 Å². The number of aryl methyl sites for hydroxylation is 1. The lowest BCUT2D eigenvalue weighted by Crippen LogP contribution is -2.10. The number of carbonyl (C=O) groups excluding carboxylic acids is 1. The fourth-order valence-corrected chi connectivity index (χ4v) is 2.96. The van der Waals surface area contributed by atoms with Gasteiger partial charge in [0.1, 0.15) is 11.3 Å². The zero-order valence-electron chi connectivity index (χ0n) is 13.8. The van der Waals surface area contributed by atoms with Crippen molar-refractivity contribution in [1.82, 2.24) is 0 Å². The second-order valence-corrected chi connectivity index (χ2v) is 6.48. The van der Waals surface area contributed by atoms with E-state index in [9.17, 15) is 9.59 Å². The van der Waals surface area contributed by atoms with Crippen LogP contribution >= 0.6 is 23.2 Å². The summed E-state index contributed by atoms with van der Waals surface area (Å²) in [4.78, 5) is 24.8. The maximum absolute atomic E-state index is 12.6. The minimum Gasteiger partial charge on any atom is -0.465 e. The Balaban J connectivity index is 2.38.